The molecule has 2 N–H and O–H groups in total. The number of amides is 1. The third-order valence-electron chi connectivity index (χ3n) is 6.30. The normalized spacial score (nSPS) is 16.1. The molecule has 1 heterocycles. The molecule has 0 saturated carbocycles. The van der Waals surface area contributed by atoms with E-state index in [0.29, 0.717) is 16.3 Å². The molecule has 0 spiro atoms. The molecule has 0 aromatic heterocycles. The molecule has 2 unspecified atom stereocenters. The second kappa shape index (κ2) is 10.5. The van der Waals surface area contributed by atoms with Crippen molar-refractivity contribution >= 4 is 29.2 Å². The summed E-state index contributed by atoms with van der Waals surface area (Å²) >= 11 is 6.23. The van der Waals surface area contributed by atoms with Crippen LogP contribution < -0.4 is 15.0 Å². The van der Waals surface area contributed by atoms with Gasteiger partial charge in [0, 0.05) is 35.8 Å². The Morgan fingerprint density at radius 2 is 1.70 bits per heavy atom. The van der Waals surface area contributed by atoms with E-state index in [-0.39, 0.29) is 17.9 Å². The van der Waals surface area contributed by atoms with Gasteiger partial charge >= 0.3 is 5.97 Å². The molecule has 1 saturated heterocycles. The van der Waals surface area contributed by atoms with Crippen molar-refractivity contribution in [2.24, 2.45) is 0 Å². The van der Waals surface area contributed by atoms with Crippen LogP contribution in [-0.2, 0) is 4.79 Å². The molecular weight excluding hydrogens is 440 g/mol. The van der Waals surface area contributed by atoms with Crippen LogP contribution in [0.2, 0.25) is 5.02 Å². The van der Waals surface area contributed by atoms with Crippen molar-refractivity contribution in [2.75, 3.05) is 18.0 Å². The molecule has 1 amide bonds. The summed E-state index contributed by atoms with van der Waals surface area (Å²) in [5.74, 6) is -0.643. The molecule has 1 fully saturated rings. The number of nitrogens with zero attached hydrogens (tertiary/aromatic N) is 1. The van der Waals surface area contributed by atoms with Crippen LogP contribution in [0, 0.1) is 0 Å². The number of halogens is 1. The molecule has 33 heavy (non-hydrogen) atoms. The molecule has 3 rings (SSSR count). The first kappa shape index (κ1) is 24.9. The molecular formula is C26H33ClN2O4. The van der Waals surface area contributed by atoms with Crippen LogP contribution in [-0.4, -0.2) is 41.7 Å². The van der Waals surface area contributed by atoms with Gasteiger partial charge in [-0.25, -0.2) is 4.79 Å². The molecule has 2 aromatic rings. The number of nitrogens with one attached hydrogen (secondary N) is 1. The zero-order chi connectivity index (χ0) is 24.2. The zero-order valence-corrected chi connectivity index (χ0v) is 20.5. The first-order valence-corrected chi connectivity index (χ1v) is 11.8. The maximum atomic E-state index is 13.2. The van der Waals surface area contributed by atoms with Crippen molar-refractivity contribution in [3.05, 3.63) is 58.6 Å². The fraction of sp³-hybridized carbons (Fsp3) is 0.462. The van der Waals surface area contributed by atoms with E-state index < -0.39 is 11.6 Å². The second-order valence-electron chi connectivity index (χ2n) is 9.25. The van der Waals surface area contributed by atoms with Gasteiger partial charge in [-0.15, -0.1) is 0 Å². The van der Waals surface area contributed by atoms with Crippen molar-refractivity contribution in [3.8, 4) is 5.75 Å². The SMILES string of the molecule is CC(NC(=O)c1cc(Cl)ccc1N1CCCCC1)C(C)c1ccc(OC(C)(C)C(=O)O)cc1. The number of carbonyl (C=O) groups is 2. The Morgan fingerprint density at radius 1 is 1.06 bits per heavy atom. The summed E-state index contributed by atoms with van der Waals surface area (Å²) in [5.41, 5.74) is 1.24. The van der Waals surface area contributed by atoms with E-state index in [4.69, 9.17) is 16.3 Å². The summed E-state index contributed by atoms with van der Waals surface area (Å²) in [6, 6.07) is 12.7. The molecule has 0 aliphatic carbocycles. The summed E-state index contributed by atoms with van der Waals surface area (Å²) in [7, 11) is 0. The van der Waals surface area contributed by atoms with Crippen LogP contribution in [0.1, 0.15) is 68.8 Å². The Labute approximate surface area is 200 Å². The van der Waals surface area contributed by atoms with Gasteiger partial charge in [-0.2, -0.15) is 0 Å². The quantitative estimate of drug-likeness (QED) is 0.530. The molecule has 1 aliphatic heterocycles. The molecule has 0 bridgehead atoms. The van der Waals surface area contributed by atoms with E-state index >= 15 is 0 Å². The highest BCUT2D eigenvalue weighted by Crippen LogP contribution is 2.29. The lowest BCUT2D eigenvalue weighted by Gasteiger charge is -2.31. The smallest absolute Gasteiger partial charge is 0.347 e. The Kier molecular flexibility index (Phi) is 7.90. The Bertz CT molecular complexity index is 984. The number of piperidine rings is 1. The van der Waals surface area contributed by atoms with Crippen LogP contribution >= 0.6 is 11.6 Å². The maximum Gasteiger partial charge on any atom is 0.347 e. The van der Waals surface area contributed by atoms with E-state index in [1.54, 1.807) is 18.2 Å². The fourth-order valence-corrected chi connectivity index (χ4v) is 4.15. The topological polar surface area (TPSA) is 78.9 Å². The average Bonchev–Trinajstić information content (AvgIpc) is 2.79. The summed E-state index contributed by atoms with van der Waals surface area (Å²) in [6.07, 6.45) is 3.47. The minimum Gasteiger partial charge on any atom is -0.478 e. The Hall–Kier alpha value is -2.73. The number of hydrogen-bond donors (Lipinski definition) is 2. The number of aliphatic carboxylic acids is 1. The van der Waals surface area contributed by atoms with Gasteiger partial charge < -0.3 is 20.1 Å². The lowest BCUT2D eigenvalue weighted by Crippen LogP contribution is -2.38. The number of benzene rings is 2. The van der Waals surface area contributed by atoms with E-state index in [1.165, 1.54) is 20.3 Å². The number of carbonyl (C=O) groups excluding carboxylic acids is 1. The summed E-state index contributed by atoms with van der Waals surface area (Å²) < 4.78 is 5.58. The third-order valence-corrected chi connectivity index (χ3v) is 6.54. The van der Waals surface area contributed by atoms with Crippen molar-refractivity contribution in [2.45, 2.75) is 64.5 Å². The van der Waals surface area contributed by atoms with Crippen molar-refractivity contribution in [1.29, 1.82) is 0 Å². The first-order chi connectivity index (χ1) is 15.6. The Morgan fingerprint density at radius 3 is 2.30 bits per heavy atom. The van der Waals surface area contributed by atoms with Crippen LogP contribution in [0.25, 0.3) is 0 Å². The van der Waals surface area contributed by atoms with E-state index in [9.17, 15) is 14.7 Å². The standard InChI is InChI=1S/C26H33ClN2O4/c1-17(19-8-11-21(12-9-19)33-26(3,4)25(31)32)18(2)28-24(30)22-16-20(27)10-13-23(22)29-14-6-5-7-15-29/h8-13,16-18H,5-7,14-15H2,1-4H3,(H,28,30)(H,31,32). The predicted octanol–water partition coefficient (Wildman–Crippen LogP) is 5.49. The van der Waals surface area contributed by atoms with Crippen molar-refractivity contribution in [1.82, 2.24) is 5.32 Å². The second-order valence-corrected chi connectivity index (χ2v) is 9.68. The number of ether oxygens (including phenoxy) is 1. The van der Waals surface area contributed by atoms with E-state index in [0.717, 1.165) is 37.2 Å². The largest absolute Gasteiger partial charge is 0.478 e. The van der Waals surface area contributed by atoms with Crippen LogP contribution in [0.3, 0.4) is 0 Å². The van der Waals surface area contributed by atoms with Crippen LogP contribution in [0.5, 0.6) is 5.75 Å². The van der Waals surface area contributed by atoms with Crippen LogP contribution in [0.4, 0.5) is 5.69 Å². The van der Waals surface area contributed by atoms with Gasteiger partial charge in [0.1, 0.15) is 5.75 Å². The Balaban J connectivity index is 1.70. The number of hydrogen-bond acceptors (Lipinski definition) is 4. The van der Waals surface area contributed by atoms with Gasteiger partial charge in [0.15, 0.2) is 5.60 Å². The van der Waals surface area contributed by atoms with Gasteiger partial charge in [-0.3, -0.25) is 4.79 Å². The highest BCUT2D eigenvalue weighted by Gasteiger charge is 2.29. The first-order valence-electron chi connectivity index (χ1n) is 11.5. The molecule has 178 valence electrons. The molecule has 0 radical (unpaired) electrons. The summed E-state index contributed by atoms with van der Waals surface area (Å²) in [5, 5.41) is 12.9. The van der Waals surface area contributed by atoms with Crippen LogP contribution in [0.15, 0.2) is 42.5 Å². The maximum absolute atomic E-state index is 13.2. The summed E-state index contributed by atoms with van der Waals surface area (Å²) in [6.45, 7) is 8.94. The summed E-state index contributed by atoms with van der Waals surface area (Å²) in [4.78, 5) is 26.8. The fourth-order valence-electron chi connectivity index (χ4n) is 3.98. The zero-order valence-electron chi connectivity index (χ0n) is 19.7. The van der Waals surface area contributed by atoms with Gasteiger partial charge in [-0.1, -0.05) is 30.7 Å². The molecule has 7 heteroatoms. The lowest BCUT2D eigenvalue weighted by molar-refractivity contribution is -0.152. The minimum absolute atomic E-state index is 0.0353. The number of carboxylic acids is 1. The van der Waals surface area contributed by atoms with Gasteiger partial charge in [-0.05, 0) is 75.9 Å². The third kappa shape index (κ3) is 6.20. The van der Waals surface area contributed by atoms with Crippen molar-refractivity contribution in [3.63, 3.8) is 0 Å². The number of carboxylic acid groups (broad SMARTS) is 1. The molecule has 6 nitrogen and oxygen atoms in total. The monoisotopic (exact) mass is 472 g/mol. The van der Waals surface area contributed by atoms with E-state index in [1.807, 2.05) is 38.1 Å². The van der Waals surface area contributed by atoms with Gasteiger partial charge in [0.05, 0.1) is 5.56 Å². The van der Waals surface area contributed by atoms with Gasteiger partial charge in [0.2, 0.25) is 0 Å². The highest BCUT2D eigenvalue weighted by atomic mass is 35.5. The highest BCUT2D eigenvalue weighted by molar-refractivity contribution is 6.31. The number of anilines is 1. The number of rotatable bonds is 8. The molecule has 2 atom stereocenters. The lowest BCUT2D eigenvalue weighted by atomic mass is 9.94. The van der Waals surface area contributed by atoms with Gasteiger partial charge in [0.25, 0.3) is 5.91 Å². The van der Waals surface area contributed by atoms with E-state index in [2.05, 4.69) is 10.2 Å². The average molecular weight is 473 g/mol. The molecule has 2 aromatic carbocycles. The minimum atomic E-state index is -1.31. The van der Waals surface area contributed by atoms with Crippen molar-refractivity contribution < 1.29 is 19.4 Å². The molecule has 1 aliphatic rings. The predicted molar refractivity (Wildman–Crippen MR) is 132 cm³/mol.